The molecule has 0 unspecified atom stereocenters. The number of nitrogens with one attached hydrogen (secondary N) is 2. The number of hydrogen-bond donors (Lipinski definition) is 3. The minimum Gasteiger partial charge on any atom is -0.506 e. The first kappa shape index (κ1) is 17.6. The Morgan fingerprint density at radius 1 is 1.16 bits per heavy atom. The first-order chi connectivity index (χ1) is 12.0. The molecule has 1 amide bonds. The summed E-state index contributed by atoms with van der Waals surface area (Å²) in [7, 11) is 1.29. The maximum Gasteiger partial charge on any atom is 0.337 e. The summed E-state index contributed by atoms with van der Waals surface area (Å²) in [6.07, 6.45) is 1.24. The van der Waals surface area contributed by atoms with Crippen molar-refractivity contribution in [2.45, 2.75) is 0 Å². The van der Waals surface area contributed by atoms with Gasteiger partial charge < -0.3 is 20.5 Å². The van der Waals surface area contributed by atoms with E-state index in [-0.39, 0.29) is 17.0 Å². The van der Waals surface area contributed by atoms with Gasteiger partial charge in [-0.1, -0.05) is 12.1 Å². The fourth-order valence-corrected chi connectivity index (χ4v) is 1.89. The van der Waals surface area contributed by atoms with E-state index in [1.807, 2.05) is 0 Å². The van der Waals surface area contributed by atoms with Crippen LogP contribution in [0, 0.1) is 11.3 Å². The monoisotopic (exact) mass is 337 g/mol. The van der Waals surface area contributed by atoms with Crippen LogP contribution in [0.5, 0.6) is 5.75 Å². The molecule has 3 N–H and O–H groups in total. The van der Waals surface area contributed by atoms with Crippen molar-refractivity contribution >= 4 is 23.3 Å². The number of ether oxygens (including phenoxy) is 1. The summed E-state index contributed by atoms with van der Waals surface area (Å²) in [6, 6.07) is 14.3. The lowest BCUT2D eigenvalue weighted by molar-refractivity contribution is -0.112. The summed E-state index contributed by atoms with van der Waals surface area (Å²) >= 11 is 0. The molecule has 0 aromatic heterocycles. The average molecular weight is 337 g/mol. The number of hydrogen-bond acceptors (Lipinski definition) is 6. The van der Waals surface area contributed by atoms with Gasteiger partial charge in [0.05, 0.1) is 18.4 Å². The Hall–Kier alpha value is -3.79. The van der Waals surface area contributed by atoms with Crippen molar-refractivity contribution in [3.05, 3.63) is 65.9 Å². The van der Waals surface area contributed by atoms with Gasteiger partial charge in [0.25, 0.3) is 5.91 Å². The summed E-state index contributed by atoms with van der Waals surface area (Å²) < 4.78 is 4.60. The Kier molecular flexibility index (Phi) is 5.74. The molecule has 2 rings (SSSR count). The van der Waals surface area contributed by atoms with Crippen molar-refractivity contribution in [1.29, 1.82) is 5.26 Å². The van der Waals surface area contributed by atoms with Gasteiger partial charge in [-0.3, -0.25) is 4.79 Å². The molecule has 0 aliphatic rings. The molecule has 0 spiro atoms. The molecule has 126 valence electrons. The number of anilines is 2. The van der Waals surface area contributed by atoms with E-state index in [9.17, 15) is 14.7 Å². The highest BCUT2D eigenvalue weighted by atomic mass is 16.5. The number of aromatic hydroxyl groups is 1. The largest absolute Gasteiger partial charge is 0.506 e. The zero-order valence-electron chi connectivity index (χ0n) is 13.3. The third-order valence-electron chi connectivity index (χ3n) is 3.21. The second-order valence-corrected chi connectivity index (χ2v) is 4.85. The smallest absolute Gasteiger partial charge is 0.337 e. The summed E-state index contributed by atoms with van der Waals surface area (Å²) in [6.45, 7) is 0. The second kappa shape index (κ2) is 8.17. The van der Waals surface area contributed by atoms with E-state index in [0.717, 1.165) is 0 Å². The first-order valence-electron chi connectivity index (χ1n) is 7.19. The first-order valence-corrected chi connectivity index (χ1v) is 7.19. The van der Waals surface area contributed by atoms with E-state index in [2.05, 4.69) is 15.4 Å². The lowest BCUT2D eigenvalue weighted by Crippen LogP contribution is -2.14. The third kappa shape index (κ3) is 4.59. The number of para-hydroxylation sites is 2. The van der Waals surface area contributed by atoms with E-state index in [0.29, 0.717) is 11.3 Å². The van der Waals surface area contributed by atoms with E-state index in [4.69, 9.17) is 5.26 Å². The van der Waals surface area contributed by atoms with Gasteiger partial charge in [-0.15, -0.1) is 0 Å². The van der Waals surface area contributed by atoms with Gasteiger partial charge in [0.2, 0.25) is 0 Å². The van der Waals surface area contributed by atoms with Crippen molar-refractivity contribution in [2.24, 2.45) is 0 Å². The predicted octanol–water partition coefficient (Wildman–Crippen LogP) is 2.64. The van der Waals surface area contributed by atoms with Gasteiger partial charge in [-0.2, -0.15) is 5.26 Å². The SMILES string of the molecule is COC(=O)c1ccc(N/C=C(/C#N)C(=O)Nc2ccccc2O)cc1. The molecule has 0 bridgehead atoms. The number of carbonyl (C=O) groups excluding carboxylic acids is 2. The molecule has 2 aromatic carbocycles. The van der Waals surface area contributed by atoms with Gasteiger partial charge in [-0.25, -0.2) is 4.79 Å². The number of nitrogens with zero attached hydrogens (tertiary/aromatic N) is 1. The minimum atomic E-state index is -0.664. The van der Waals surface area contributed by atoms with Crippen LogP contribution in [-0.4, -0.2) is 24.1 Å². The summed E-state index contributed by atoms with van der Waals surface area (Å²) in [5, 5.41) is 24.0. The van der Waals surface area contributed by atoms with Crippen LogP contribution in [0.2, 0.25) is 0 Å². The van der Waals surface area contributed by atoms with Crippen molar-refractivity contribution in [1.82, 2.24) is 0 Å². The highest BCUT2D eigenvalue weighted by Gasteiger charge is 2.11. The molecule has 7 heteroatoms. The van der Waals surface area contributed by atoms with Crippen LogP contribution < -0.4 is 10.6 Å². The lowest BCUT2D eigenvalue weighted by atomic mass is 10.2. The highest BCUT2D eigenvalue weighted by molar-refractivity contribution is 6.07. The molecule has 0 heterocycles. The number of phenolic OH excluding ortho intramolecular Hbond substituents is 1. The zero-order valence-corrected chi connectivity index (χ0v) is 13.3. The number of methoxy groups -OCH3 is 1. The van der Waals surface area contributed by atoms with Gasteiger partial charge in [0.15, 0.2) is 0 Å². The Morgan fingerprint density at radius 3 is 2.44 bits per heavy atom. The Morgan fingerprint density at radius 2 is 1.84 bits per heavy atom. The predicted molar refractivity (Wildman–Crippen MR) is 91.8 cm³/mol. The van der Waals surface area contributed by atoms with E-state index < -0.39 is 11.9 Å². The third-order valence-corrected chi connectivity index (χ3v) is 3.21. The molecule has 0 fully saturated rings. The Balaban J connectivity index is 2.07. The van der Waals surface area contributed by atoms with E-state index in [1.54, 1.807) is 42.5 Å². The molecule has 25 heavy (non-hydrogen) atoms. The topological polar surface area (TPSA) is 111 Å². The molecule has 0 saturated heterocycles. The average Bonchev–Trinajstić information content (AvgIpc) is 2.64. The molecule has 0 aliphatic heterocycles. The fraction of sp³-hybridized carbons (Fsp3) is 0.0556. The Labute approximate surface area is 144 Å². The Bertz CT molecular complexity index is 851. The number of esters is 1. The van der Waals surface area contributed by atoms with Crippen molar-refractivity contribution in [3.63, 3.8) is 0 Å². The van der Waals surface area contributed by atoms with Crippen molar-refractivity contribution in [2.75, 3.05) is 17.7 Å². The molecular weight excluding hydrogens is 322 g/mol. The summed E-state index contributed by atoms with van der Waals surface area (Å²) in [5.74, 6) is -1.22. The standard InChI is InChI=1S/C18H15N3O4/c1-25-18(24)12-6-8-14(9-7-12)20-11-13(10-19)17(23)21-15-4-2-3-5-16(15)22/h2-9,11,20,22H,1H3,(H,21,23)/b13-11-. The van der Waals surface area contributed by atoms with E-state index >= 15 is 0 Å². The number of carbonyl (C=O) groups is 2. The minimum absolute atomic E-state index is 0.0977. The quantitative estimate of drug-likeness (QED) is 0.335. The molecule has 2 aromatic rings. The van der Waals surface area contributed by atoms with Crippen LogP contribution >= 0.6 is 0 Å². The normalized spacial score (nSPS) is 10.5. The molecule has 0 radical (unpaired) electrons. The molecule has 0 saturated carbocycles. The number of rotatable bonds is 5. The van der Waals surface area contributed by atoms with Crippen LogP contribution in [0.1, 0.15) is 10.4 Å². The van der Waals surface area contributed by atoms with Crippen LogP contribution in [-0.2, 0) is 9.53 Å². The lowest BCUT2D eigenvalue weighted by Gasteiger charge is -2.07. The van der Waals surface area contributed by atoms with Crippen molar-refractivity contribution in [3.8, 4) is 11.8 Å². The molecule has 7 nitrogen and oxygen atoms in total. The molecule has 0 aliphatic carbocycles. The number of phenols is 1. The molecular formula is C18H15N3O4. The number of amides is 1. The summed E-state index contributed by atoms with van der Waals surface area (Å²) in [5.41, 5.74) is 0.988. The summed E-state index contributed by atoms with van der Waals surface area (Å²) in [4.78, 5) is 23.4. The van der Waals surface area contributed by atoms with Crippen LogP contribution in [0.25, 0.3) is 0 Å². The maximum atomic E-state index is 12.1. The van der Waals surface area contributed by atoms with Gasteiger partial charge in [-0.05, 0) is 36.4 Å². The number of nitriles is 1. The van der Waals surface area contributed by atoms with E-state index in [1.165, 1.54) is 25.4 Å². The number of benzene rings is 2. The van der Waals surface area contributed by atoms with Gasteiger partial charge in [0.1, 0.15) is 17.4 Å². The van der Waals surface area contributed by atoms with Crippen LogP contribution in [0.15, 0.2) is 60.3 Å². The highest BCUT2D eigenvalue weighted by Crippen LogP contribution is 2.22. The van der Waals surface area contributed by atoms with Gasteiger partial charge >= 0.3 is 5.97 Å². The van der Waals surface area contributed by atoms with Crippen molar-refractivity contribution < 1.29 is 19.4 Å². The fourth-order valence-electron chi connectivity index (χ4n) is 1.89. The van der Waals surface area contributed by atoms with Crippen LogP contribution in [0.4, 0.5) is 11.4 Å². The molecule has 0 atom stereocenters. The second-order valence-electron chi connectivity index (χ2n) is 4.85. The van der Waals surface area contributed by atoms with Gasteiger partial charge in [0, 0.05) is 11.9 Å². The maximum absolute atomic E-state index is 12.1. The van der Waals surface area contributed by atoms with Crippen LogP contribution in [0.3, 0.4) is 0 Å². The zero-order chi connectivity index (χ0) is 18.2.